The van der Waals surface area contributed by atoms with Crippen molar-refractivity contribution in [3.63, 3.8) is 0 Å². The summed E-state index contributed by atoms with van der Waals surface area (Å²) in [5.74, 6) is 1.57. The lowest BCUT2D eigenvalue weighted by atomic mass is 10.00. The van der Waals surface area contributed by atoms with Gasteiger partial charge in [0.1, 0.15) is 18.9 Å². The van der Waals surface area contributed by atoms with Gasteiger partial charge in [0.15, 0.2) is 0 Å². The van der Waals surface area contributed by atoms with E-state index < -0.39 is 0 Å². The van der Waals surface area contributed by atoms with Crippen molar-refractivity contribution in [3.05, 3.63) is 87.6 Å². The Labute approximate surface area is 225 Å². The first-order valence-corrected chi connectivity index (χ1v) is 14.1. The Morgan fingerprint density at radius 3 is 2.43 bits per heavy atom. The molecule has 2 heterocycles. The van der Waals surface area contributed by atoms with Gasteiger partial charge < -0.3 is 14.5 Å². The molecular formula is C31H38N2O3S. The highest BCUT2D eigenvalue weighted by atomic mass is 32.1. The van der Waals surface area contributed by atoms with E-state index in [1.54, 1.807) is 16.2 Å². The Hall–Kier alpha value is -3.12. The maximum Gasteiger partial charge on any atom is 0.254 e. The second-order valence-electron chi connectivity index (χ2n) is 10.5. The largest absolute Gasteiger partial charge is 0.491 e. The van der Waals surface area contributed by atoms with Crippen LogP contribution in [0.15, 0.2) is 66.0 Å². The molecule has 0 bridgehead atoms. The lowest BCUT2D eigenvalue weighted by molar-refractivity contribution is -0.135. The number of carbonyl (C=O) groups is 2. The summed E-state index contributed by atoms with van der Waals surface area (Å²) in [6.07, 6.45) is 1.68. The van der Waals surface area contributed by atoms with Gasteiger partial charge in [0, 0.05) is 23.5 Å². The molecule has 0 radical (unpaired) electrons. The number of benzene rings is 2. The molecule has 37 heavy (non-hydrogen) atoms. The second kappa shape index (κ2) is 12.4. The third-order valence-electron chi connectivity index (χ3n) is 6.98. The highest BCUT2D eigenvalue weighted by molar-refractivity contribution is 7.10. The number of amides is 2. The minimum Gasteiger partial charge on any atom is -0.491 e. The van der Waals surface area contributed by atoms with Gasteiger partial charge in [0.05, 0.1) is 6.04 Å². The first-order valence-electron chi connectivity index (χ1n) is 13.3. The quantitative estimate of drug-likeness (QED) is 0.305. The van der Waals surface area contributed by atoms with Gasteiger partial charge in [-0.05, 0) is 71.5 Å². The van der Waals surface area contributed by atoms with Gasteiger partial charge in [-0.25, -0.2) is 0 Å². The molecule has 1 aliphatic rings. The van der Waals surface area contributed by atoms with Crippen LogP contribution in [0.1, 0.15) is 72.4 Å². The van der Waals surface area contributed by atoms with E-state index in [9.17, 15) is 9.59 Å². The lowest BCUT2D eigenvalue weighted by Gasteiger charge is -2.37. The molecule has 0 aliphatic carbocycles. The molecule has 0 N–H and O–H groups in total. The van der Waals surface area contributed by atoms with Crippen LogP contribution in [-0.4, -0.2) is 47.9 Å². The van der Waals surface area contributed by atoms with Crippen LogP contribution in [0.2, 0.25) is 0 Å². The maximum atomic E-state index is 13.7. The van der Waals surface area contributed by atoms with Crippen molar-refractivity contribution in [1.29, 1.82) is 0 Å². The molecule has 4 rings (SSSR count). The zero-order chi connectivity index (χ0) is 26.4. The summed E-state index contributed by atoms with van der Waals surface area (Å²) >= 11 is 1.74. The zero-order valence-corrected chi connectivity index (χ0v) is 23.2. The van der Waals surface area contributed by atoms with Crippen molar-refractivity contribution in [1.82, 2.24) is 9.80 Å². The number of nitrogens with zero attached hydrogens (tertiary/aromatic N) is 2. The number of thiophene rings is 1. The van der Waals surface area contributed by atoms with Crippen molar-refractivity contribution < 1.29 is 14.3 Å². The Bertz CT molecular complexity index is 1170. The molecule has 5 nitrogen and oxygen atoms in total. The standard InChI is InChI=1S/C31H38N2O3S/c1-22(2)14-17-32(31(35)25-8-6-5-7-9-25)20-30(34)33-18-15-29-27(16-19-37-29)28(33)21-36-26-12-10-24(11-13-26)23(3)4/h5-13,16,19,22-23,28H,14-15,17-18,20-21H2,1-4H3. The van der Waals surface area contributed by atoms with Gasteiger partial charge in [-0.15, -0.1) is 11.3 Å². The number of ether oxygens (including phenoxy) is 1. The molecule has 1 aromatic heterocycles. The van der Waals surface area contributed by atoms with Crippen molar-refractivity contribution in [2.75, 3.05) is 26.2 Å². The van der Waals surface area contributed by atoms with Gasteiger partial charge in [-0.2, -0.15) is 0 Å². The molecule has 2 amide bonds. The monoisotopic (exact) mass is 518 g/mol. The van der Waals surface area contributed by atoms with Crippen LogP contribution >= 0.6 is 11.3 Å². The lowest BCUT2D eigenvalue weighted by Crippen LogP contribution is -2.48. The van der Waals surface area contributed by atoms with Crippen molar-refractivity contribution in [2.45, 2.75) is 52.5 Å². The van der Waals surface area contributed by atoms with E-state index in [4.69, 9.17) is 4.74 Å². The minimum atomic E-state index is -0.175. The predicted molar refractivity (Wildman–Crippen MR) is 150 cm³/mol. The van der Waals surface area contributed by atoms with Crippen molar-refractivity contribution in [3.8, 4) is 5.75 Å². The topological polar surface area (TPSA) is 49.9 Å². The van der Waals surface area contributed by atoms with E-state index in [1.165, 1.54) is 10.4 Å². The first kappa shape index (κ1) is 26.9. The summed E-state index contributed by atoms with van der Waals surface area (Å²) in [5.41, 5.74) is 3.04. The summed E-state index contributed by atoms with van der Waals surface area (Å²) in [5, 5.41) is 2.09. The van der Waals surface area contributed by atoms with Crippen LogP contribution in [0.4, 0.5) is 0 Å². The Balaban J connectivity index is 1.51. The van der Waals surface area contributed by atoms with Gasteiger partial charge in [0.25, 0.3) is 5.91 Å². The van der Waals surface area contributed by atoms with Gasteiger partial charge >= 0.3 is 0 Å². The fourth-order valence-corrected chi connectivity index (χ4v) is 5.61. The van der Waals surface area contributed by atoms with Crippen LogP contribution < -0.4 is 4.74 Å². The number of rotatable bonds is 10. The van der Waals surface area contributed by atoms with Crippen LogP contribution in [0.5, 0.6) is 5.75 Å². The highest BCUT2D eigenvalue weighted by Gasteiger charge is 2.33. The number of hydrogen-bond donors (Lipinski definition) is 0. The molecule has 6 heteroatoms. The minimum absolute atomic E-state index is 0.0337. The van der Waals surface area contributed by atoms with Crippen LogP contribution in [0.25, 0.3) is 0 Å². The Kier molecular flexibility index (Phi) is 9.04. The summed E-state index contributed by atoms with van der Waals surface area (Å²) in [7, 11) is 0. The highest BCUT2D eigenvalue weighted by Crippen LogP contribution is 2.34. The molecular weight excluding hydrogens is 480 g/mol. The fourth-order valence-electron chi connectivity index (χ4n) is 4.68. The molecule has 0 spiro atoms. The first-order chi connectivity index (χ1) is 17.8. The summed E-state index contributed by atoms with van der Waals surface area (Å²) in [6.45, 7) is 10.3. The molecule has 3 aromatic rings. The Morgan fingerprint density at radius 2 is 1.76 bits per heavy atom. The van der Waals surface area contributed by atoms with Crippen LogP contribution in [0.3, 0.4) is 0 Å². The number of hydrogen-bond acceptors (Lipinski definition) is 4. The van der Waals surface area contributed by atoms with Crippen molar-refractivity contribution in [2.24, 2.45) is 5.92 Å². The fraction of sp³-hybridized carbons (Fsp3) is 0.419. The average Bonchev–Trinajstić information content (AvgIpc) is 3.39. The number of carbonyl (C=O) groups excluding carboxylic acids is 2. The smallest absolute Gasteiger partial charge is 0.254 e. The predicted octanol–water partition coefficient (Wildman–Crippen LogP) is 6.56. The summed E-state index contributed by atoms with van der Waals surface area (Å²) in [6, 6.07) is 19.4. The van der Waals surface area contributed by atoms with Crippen LogP contribution in [-0.2, 0) is 11.2 Å². The van der Waals surface area contributed by atoms with Gasteiger partial charge in [0.2, 0.25) is 5.91 Å². The molecule has 0 saturated carbocycles. The zero-order valence-electron chi connectivity index (χ0n) is 22.4. The van der Waals surface area contributed by atoms with Gasteiger partial charge in [-0.3, -0.25) is 9.59 Å². The molecule has 0 fully saturated rings. The SMILES string of the molecule is CC(C)CCN(CC(=O)N1CCc2sccc2C1COc1ccc(C(C)C)cc1)C(=O)c1ccccc1. The van der Waals surface area contributed by atoms with Crippen molar-refractivity contribution >= 4 is 23.2 Å². The van der Waals surface area contributed by atoms with E-state index >= 15 is 0 Å². The van der Waals surface area contributed by atoms with E-state index in [0.717, 1.165) is 24.2 Å². The molecule has 196 valence electrons. The van der Waals surface area contributed by atoms with E-state index in [1.807, 2.05) is 47.4 Å². The Morgan fingerprint density at radius 1 is 1.03 bits per heavy atom. The molecule has 1 unspecified atom stereocenters. The van der Waals surface area contributed by atoms with E-state index in [0.29, 0.717) is 37.1 Å². The van der Waals surface area contributed by atoms with E-state index in [2.05, 4.69) is 51.3 Å². The molecule has 1 atom stereocenters. The molecule has 0 saturated heterocycles. The summed E-state index contributed by atoms with van der Waals surface area (Å²) in [4.78, 5) is 32.0. The van der Waals surface area contributed by atoms with Crippen LogP contribution in [0, 0.1) is 5.92 Å². The van der Waals surface area contributed by atoms with Gasteiger partial charge in [-0.1, -0.05) is 58.0 Å². The maximum absolute atomic E-state index is 13.7. The normalized spacial score (nSPS) is 15.1. The van der Waals surface area contributed by atoms with E-state index in [-0.39, 0.29) is 24.4 Å². The molecule has 2 aromatic carbocycles. The summed E-state index contributed by atoms with van der Waals surface area (Å²) < 4.78 is 6.22. The third-order valence-corrected chi connectivity index (χ3v) is 7.98. The number of fused-ring (bicyclic) bond motifs is 1. The third kappa shape index (κ3) is 6.80. The second-order valence-corrected chi connectivity index (χ2v) is 11.5. The molecule has 1 aliphatic heterocycles. The average molecular weight is 519 g/mol.